The SMILES string of the molecule is CC/C=C\C/C=C\C/C=C\CCCCCCCC(=O)NC(CO)C(O)/C=C/CCCCCCCCCCCCCCCCC. The summed E-state index contributed by atoms with van der Waals surface area (Å²) in [6, 6.07) is -0.630. The highest BCUT2D eigenvalue weighted by molar-refractivity contribution is 5.76. The second-order valence-corrected chi connectivity index (χ2v) is 12.6. The number of aliphatic hydroxyl groups is 2. The Morgan fingerprint density at radius 1 is 0.568 bits per heavy atom. The number of carbonyl (C=O) groups excluding carboxylic acids is 1. The van der Waals surface area contributed by atoms with E-state index >= 15 is 0 Å². The van der Waals surface area contributed by atoms with Crippen molar-refractivity contribution in [3.8, 4) is 0 Å². The zero-order chi connectivity index (χ0) is 32.2. The van der Waals surface area contributed by atoms with Gasteiger partial charge in [-0.2, -0.15) is 0 Å². The van der Waals surface area contributed by atoms with Gasteiger partial charge in [0.1, 0.15) is 0 Å². The summed E-state index contributed by atoms with van der Waals surface area (Å²) in [5.74, 6) is -0.0833. The number of carbonyl (C=O) groups is 1. The van der Waals surface area contributed by atoms with Gasteiger partial charge in [0.2, 0.25) is 5.91 Å². The highest BCUT2D eigenvalue weighted by atomic mass is 16.3. The van der Waals surface area contributed by atoms with Gasteiger partial charge in [0.25, 0.3) is 0 Å². The highest BCUT2D eigenvalue weighted by Gasteiger charge is 2.17. The molecule has 0 heterocycles. The Hall–Kier alpha value is -1.65. The summed E-state index contributed by atoms with van der Waals surface area (Å²) in [5.41, 5.74) is 0. The highest BCUT2D eigenvalue weighted by Crippen LogP contribution is 2.14. The fourth-order valence-corrected chi connectivity index (χ4v) is 5.43. The molecule has 0 aromatic heterocycles. The van der Waals surface area contributed by atoms with Gasteiger partial charge in [-0.1, -0.05) is 172 Å². The average molecular weight is 616 g/mol. The van der Waals surface area contributed by atoms with Crippen LogP contribution in [0.25, 0.3) is 0 Å². The molecule has 0 rings (SSSR count). The molecule has 3 N–H and O–H groups in total. The van der Waals surface area contributed by atoms with E-state index in [0.29, 0.717) is 6.42 Å². The number of nitrogens with one attached hydrogen (secondary N) is 1. The third kappa shape index (κ3) is 31.8. The smallest absolute Gasteiger partial charge is 0.220 e. The maximum Gasteiger partial charge on any atom is 0.220 e. The minimum Gasteiger partial charge on any atom is -0.394 e. The molecule has 0 fully saturated rings. The van der Waals surface area contributed by atoms with Crippen molar-refractivity contribution < 1.29 is 15.0 Å². The van der Waals surface area contributed by atoms with Crippen LogP contribution in [0.5, 0.6) is 0 Å². The molecule has 4 nitrogen and oxygen atoms in total. The van der Waals surface area contributed by atoms with Crippen LogP contribution in [0.15, 0.2) is 48.6 Å². The Balaban J connectivity index is 3.66. The zero-order valence-corrected chi connectivity index (χ0v) is 29.2. The van der Waals surface area contributed by atoms with E-state index in [0.717, 1.165) is 57.8 Å². The predicted octanol–water partition coefficient (Wildman–Crippen LogP) is 11.2. The molecule has 0 aliphatic carbocycles. The number of allylic oxidation sites excluding steroid dienone is 7. The Labute approximate surface area is 274 Å². The van der Waals surface area contributed by atoms with Crippen molar-refractivity contribution >= 4 is 5.91 Å². The molecule has 0 aliphatic rings. The van der Waals surface area contributed by atoms with Crippen molar-refractivity contribution in [3.05, 3.63) is 48.6 Å². The number of amides is 1. The molecule has 0 aromatic rings. The lowest BCUT2D eigenvalue weighted by Crippen LogP contribution is -2.45. The quantitative estimate of drug-likeness (QED) is 0.0508. The van der Waals surface area contributed by atoms with Crippen molar-refractivity contribution in [2.75, 3.05) is 6.61 Å². The van der Waals surface area contributed by atoms with Gasteiger partial charge in [-0.25, -0.2) is 0 Å². The van der Waals surface area contributed by atoms with Gasteiger partial charge < -0.3 is 15.5 Å². The van der Waals surface area contributed by atoms with Gasteiger partial charge in [-0.3, -0.25) is 4.79 Å². The van der Waals surface area contributed by atoms with Crippen LogP contribution < -0.4 is 5.32 Å². The number of hydrogen-bond donors (Lipinski definition) is 3. The van der Waals surface area contributed by atoms with Crippen molar-refractivity contribution in [2.24, 2.45) is 0 Å². The summed E-state index contributed by atoms with van der Waals surface area (Å²) in [6.45, 7) is 4.18. The standard InChI is InChI=1S/C40H73NO3/c1-3-5-7-9-11-13-15-17-19-20-22-23-25-27-29-31-33-35-39(43)38(37-42)41-40(44)36-34-32-30-28-26-24-21-18-16-14-12-10-8-6-4-2/h6,8,12,14,18,21,33,35,38-39,42-43H,3-5,7,9-11,13,15-17,19-20,22-32,34,36-37H2,1-2H3,(H,41,44)/b8-6-,14-12-,21-18-,35-33+. The van der Waals surface area contributed by atoms with Crippen molar-refractivity contribution in [1.82, 2.24) is 5.32 Å². The number of aliphatic hydroxyl groups excluding tert-OH is 2. The van der Waals surface area contributed by atoms with Crippen molar-refractivity contribution in [2.45, 2.75) is 193 Å². The molecule has 4 heteroatoms. The van der Waals surface area contributed by atoms with Gasteiger partial charge in [0.05, 0.1) is 18.8 Å². The van der Waals surface area contributed by atoms with E-state index in [9.17, 15) is 15.0 Å². The van der Waals surface area contributed by atoms with Gasteiger partial charge in [0, 0.05) is 6.42 Å². The van der Waals surface area contributed by atoms with Crippen LogP contribution in [0, 0.1) is 0 Å². The predicted molar refractivity (Wildman–Crippen MR) is 193 cm³/mol. The molecule has 0 radical (unpaired) electrons. The van der Waals surface area contributed by atoms with Crippen LogP contribution in [0.3, 0.4) is 0 Å². The molecule has 256 valence electrons. The van der Waals surface area contributed by atoms with Gasteiger partial charge in [-0.05, 0) is 51.4 Å². The fourth-order valence-electron chi connectivity index (χ4n) is 5.43. The van der Waals surface area contributed by atoms with E-state index in [1.807, 2.05) is 6.08 Å². The Kier molecular flexibility index (Phi) is 34.5. The first-order chi connectivity index (χ1) is 21.7. The molecule has 0 saturated carbocycles. The van der Waals surface area contributed by atoms with E-state index in [2.05, 4.69) is 55.6 Å². The van der Waals surface area contributed by atoms with Crippen LogP contribution in [0.4, 0.5) is 0 Å². The van der Waals surface area contributed by atoms with Crippen LogP contribution in [0.2, 0.25) is 0 Å². The summed E-state index contributed by atoms with van der Waals surface area (Å²) in [7, 11) is 0. The van der Waals surface area contributed by atoms with Gasteiger partial charge >= 0.3 is 0 Å². The summed E-state index contributed by atoms with van der Waals surface area (Å²) in [6.07, 6.45) is 47.7. The lowest BCUT2D eigenvalue weighted by atomic mass is 10.0. The molecule has 0 aliphatic heterocycles. The molecular weight excluding hydrogens is 542 g/mol. The third-order valence-corrected chi connectivity index (χ3v) is 8.32. The van der Waals surface area contributed by atoms with E-state index in [4.69, 9.17) is 0 Å². The summed E-state index contributed by atoms with van der Waals surface area (Å²) >= 11 is 0. The van der Waals surface area contributed by atoms with Crippen molar-refractivity contribution in [1.29, 1.82) is 0 Å². The first-order valence-electron chi connectivity index (χ1n) is 18.9. The minimum atomic E-state index is -0.846. The average Bonchev–Trinajstić information content (AvgIpc) is 3.03. The Morgan fingerprint density at radius 2 is 1.00 bits per heavy atom. The normalized spacial score (nSPS) is 13.6. The second kappa shape index (κ2) is 35.8. The molecule has 0 saturated heterocycles. The molecule has 0 aromatic carbocycles. The molecule has 0 spiro atoms. The molecular formula is C40H73NO3. The Morgan fingerprint density at radius 3 is 1.50 bits per heavy atom. The van der Waals surface area contributed by atoms with Crippen LogP contribution in [-0.2, 0) is 4.79 Å². The third-order valence-electron chi connectivity index (χ3n) is 8.32. The number of unbranched alkanes of at least 4 members (excludes halogenated alkanes) is 20. The first kappa shape index (κ1) is 42.3. The topological polar surface area (TPSA) is 69.6 Å². The lowest BCUT2D eigenvalue weighted by Gasteiger charge is -2.20. The fraction of sp³-hybridized carbons (Fsp3) is 0.775. The monoisotopic (exact) mass is 616 g/mol. The van der Waals surface area contributed by atoms with Crippen LogP contribution >= 0.6 is 0 Å². The van der Waals surface area contributed by atoms with Crippen molar-refractivity contribution in [3.63, 3.8) is 0 Å². The van der Waals surface area contributed by atoms with Gasteiger partial charge in [-0.15, -0.1) is 0 Å². The zero-order valence-electron chi connectivity index (χ0n) is 29.2. The van der Waals surface area contributed by atoms with Gasteiger partial charge in [0.15, 0.2) is 0 Å². The molecule has 2 unspecified atom stereocenters. The van der Waals surface area contributed by atoms with E-state index in [-0.39, 0.29) is 12.5 Å². The molecule has 2 atom stereocenters. The molecule has 44 heavy (non-hydrogen) atoms. The lowest BCUT2D eigenvalue weighted by molar-refractivity contribution is -0.123. The minimum absolute atomic E-state index is 0.0833. The summed E-state index contributed by atoms with van der Waals surface area (Å²) in [5, 5.41) is 22.9. The largest absolute Gasteiger partial charge is 0.394 e. The summed E-state index contributed by atoms with van der Waals surface area (Å²) in [4.78, 5) is 12.3. The maximum atomic E-state index is 12.3. The Bertz CT molecular complexity index is 711. The van der Waals surface area contributed by atoms with Crippen LogP contribution in [0.1, 0.15) is 181 Å². The van der Waals surface area contributed by atoms with E-state index in [1.165, 1.54) is 103 Å². The van der Waals surface area contributed by atoms with E-state index < -0.39 is 12.1 Å². The van der Waals surface area contributed by atoms with Crippen LogP contribution in [-0.4, -0.2) is 34.9 Å². The molecule has 0 bridgehead atoms. The number of hydrogen-bond acceptors (Lipinski definition) is 3. The number of rotatable bonds is 33. The second-order valence-electron chi connectivity index (χ2n) is 12.6. The molecule has 1 amide bonds. The summed E-state index contributed by atoms with van der Waals surface area (Å²) < 4.78 is 0. The maximum absolute atomic E-state index is 12.3. The first-order valence-corrected chi connectivity index (χ1v) is 18.9. The van der Waals surface area contributed by atoms with E-state index in [1.54, 1.807) is 6.08 Å².